The lowest BCUT2D eigenvalue weighted by molar-refractivity contribution is -0.428. The number of benzene rings is 1. The average Bonchev–Trinajstić information content (AvgIpc) is 2.37. The summed E-state index contributed by atoms with van der Waals surface area (Å²) in [5.74, 6) is 0.407. The van der Waals surface area contributed by atoms with Crippen LogP contribution >= 0.6 is 0 Å². The molecule has 1 rings (SSSR count). The number of hydrogen-bond acceptors (Lipinski definition) is 4. The van der Waals surface area contributed by atoms with Crippen LogP contribution < -0.4 is 20.3 Å². The Hall–Kier alpha value is -1.75. The van der Waals surface area contributed by atoms with Crippen molar-refractivity contribution in [3.05, 3.63) is 23.8 Å². The van der Waals surface area contributed by atoms with E-state index in [0.717, 1.165) is 11.3 Å². The highest BCUT2D eigenvalue weighted by atomic mass is 16.5. The normalized spacial score (nSPS) is 11.9. The van der Waals surface area contributed by atoms with Crippen LogP contribution in [-0.2, 0) is 4.79 Å². The summed E-state index contributed by atoms with van der Waals surface area (Å²) < 4.78 is 10.4. The Bertz CT molecular complexity index is 406. The zero-order valence-corrected chi connectivity index (χ0v) is 10.8. The van der Waals surface area contributed by atoms with Gasteiger partial charge in [-0.25, -0.2) is 0 Å². The number of aliphatic carboxylic acids is 1. The third-order valence-electron chi connectivity index (χ3n) is 2.81. The van der Waals surface area contributed by atoms with Gasteiger partial charge in [0.1, 0.15) is 17.5 Å². The first-order chi connectivity index (χ1) is 8.58. The predicted octanol–water partition coefficient (Wildman–Crippen LogP) is -0.0930. The van der Waals surface area contributed by atoms with Gasteiger partial charge >= 0.3 is 0 Å². The molecule has 0 amide bonds. The lowest BCUT2D eigenvalue weighted by Crippen LogP contribution is -2.53. The molecule has 0 saturated heterocycles. The van der Waals surface area contributed by atoms with Gasteiger partial charge in [0.2, 0.25) is 0 Å². The van der Waals surface area contributed by atoms with Crippen LogP contribution in [0.15, 0.2) is 18.2 Å². The number of carbonyl (C=O) groups excluding carboxylic acids is 1. The Balaban J connectivity index is 2.72. The van der Waals surface area contributed by atoms with Gasteiger partial charge in [0.05, 0.1) is 19.8 Å². The number of quaternary nitrogens is 1. The van der Waals surface area contributed by atoms with Crippen molar-refractivity contribution in [2.45, 2.75) is 25.3 Å². The van der Waals surface area contributed by atoms with E-state index in [1.807, 2.05) is 12.1 Å². The molecule has 1 atom stereocenters. The van der Waals surface area contributed by atoms with Gasteiger partial charge in [-0.2, -0.15) is 0 Å². The maximum absolute atomic E-state index is 10.4. The lowest BCUT2D eigenvalue weighted by Gasteiger charge is -2.14. The molecule has 0 bridgehead atoms. The number of carboxylic acids is 1. The fourth-order valence-electron chi connectivity index (χ4n) is 1.80. The highest BCUT2D eigenvalue weighted by Gasteiger charge is 2.15. The lowest BCUT2D eigenvalue weighted by atomic mass is 10.0. The Morgan fingerprint density at radius 2 is 2.11 bits per heavy atom. The van der Waals surface area contributed by atoms with Crippen LogP contribution in [0.1, 0.15) is 30.9 Å². The standard InChI is InChI=1S/C13H19NO4/c1-17-9-6-7-10(12(8-9)18-2)11(14)4-3-5-13(15)16/h6-8,11H,3-5,14H2,1-2H3,(H,15,16)/t11-/m0/s1. The van der Waals surface area contributed by atoms with E-state index in [0.29, 0.717) is 18.6 Å². The van der Waals surface area contributed by atoms with E-state index >= 15 is 0 Å². The summed E-state index contributed by atoms with van der Waals surface area (Å²) >= 11 is 0. The number of hydrogen-bond donors (Lipinski definition) is 1. The van der Waals surface area contributed by atoms with Gasteiger partial charge in [0, 0.05) is 18.5 Å². The third-order valence-corrected chi connectivity index (χ3v) is 2.81. The molecule has 0 radical (unpaired) electrons. The number of ether oxygens (including phenoxy) is 2. The van der Waals surface area contributed by atoms with Crippen LogP contribution in [-0.4, -0.2) is 20.2 Å². The van der Waals surface area contributed by atoms with E-state index in [1.165, 1.54) is 0 Å². The summed E-state index contributed by atoms with van der Waals surface area (Å²) in [7, 11) is 3.18. The second-order valence-corrected chi connectivity index (χ2v) is 4.07. The molecule has 0 saturated carbocycles. The molecule has 0 heterocycles. The molecule has 1 aromatic rings. The molecule has 0 spiro atoms. The first kappa shape index (κ1) is 14.3. The minimum absolute atomic E-state index is 0.00907. The Kier molecular flexibility index (Phi) is 5.45. The van der Waals surface area contributed by atoms with Crippen molar-refractivity contribution in [1.29, 1.82) is 0 Å². The van der Waals surface area contributed by atoms with Crippen LogP contribution in [0.2, 0.25) is 0 Å². The summed E-state index contributed by atoms with van der Waals surface area (Å²) in [5.41, 5.74) is 4.99. The molecule has 5 heteroatoms. The molecule has 0 unspecified atom stereocenters. The molecular weight excluding hydrogens is 234 g/mol. The summed E-state index contributed by atoms with van der Waals surface area (Å²) in [6.07, 6.45) is 1.28. The zero-order chi connectivity index (χ0) is 13.5. The summed E-state index contributed by atoms with van der Waals surface area (Å²) in [6, 6.07) is 5.53. The molecule has 0 aliphatic rings. The second-order valence-electron chi connectivity index (χ2n) is 4.07. The zero-order valence-electron chi connectivity index (χ0n) is 10.8. The van der Waals surface area contributed by atoms with E-state index in [9.17, 15) is 9.90 Å². The van der Waals surface area contributed by atoms with E-state index in [1.54, 1.807) is 20.3 Å². The van der Waals surface area contributed by atoms with E-state index in [2.05, 4.69) is 5.73 Å². The first-order valence-corrected chi connectivity index (χ1v) is 5.83. The highest BCUT2D eigenvalue weighted by Crippen LogP contribution is 2.29. The van der Waals surface area contributed by atoms with Gasteiger partial charge < -0.3 is 25.1 Å². The molecule has 0 aliphatic carbocycles. The van der Waals surface area contributed by atoms with Crippen LogP contribution in [0.4, 0.5) is 0 Å². The summed E-state index contributed by atoms with van der Waals surface area (Å²) in [6.45, 7) is 0. The molecule has 0 fully saturated rings. The summed E-state index contributed by atoms with van der Waals surface area (Å²) in [5, 5.41) is 10.4. The van der Waals surface area contributed by atoms with Crippen molar-refractivity contribution in [3.8, 4) is 11.5 Å². The van der Waals surface area contributed by atoms with Gasteiger partial charge in [-0.05, 0) is 25.0 Å². The van der Waals surface area contributed by atoms with Gasteiger partial charge in [-0.3, -0.25) is 0 Å². The van der Waals surface area contributed by atoms with Crippen molar-refractivity contribution in [3.63, 3.8) is 0 Å². The molecule has 5 nitrogen and oxygen atoms in total. The Morgan fingerprint density at radius 1 is 1.39 bits per heavy atom. The monoisotopic (exact) mass is 253 g/mol. The third kappa shape index (κ3) is 3.92. The maximum Gasteiger partial charge on any atom is 0.131 e. The fraction of sp³-hybridized carbons (Fsp3) is 0.462. The molecule has 1 aromatic carbocycles. The molecular formula is C13H19NO4. The SMILES string of the molecule is COc1ccc([C@@H]([NH3+])CCCC(=O)[O-])c(OC)c1. The minimum atomic E-state index is -1.02. The van der Waals surface area contributed by atoms with E-state index < -0.39 is 5.97 Å². The van der Waals surface area contributed by atoms with Crippen LogP contribution in [0.5, 0.6) is 11.5 Å². The maximum atomic E-state index is 10.4. The van der Waals surface area contributed by atoms with Gasteiger partial charge in [-0.15, -0.1) is 0 Å². The number of rotatable bonds is 7. The second kappa shape index (κ2) is 6.86. The van der Waals surface area contributed by atoms with Crippen molar-refractivity contribution in [2.24, 2.45) is 0 Å². The molecule has 0 aliphatic heterocycles. The molecule has 0 aromatic heterocycles. The van der Waals surface area contributed by atoms with Gasteiger partial charge in [-0.1, -0.05) is 0 Å². The topological polar surface area (TPSA) is 86.2 Å². The average molecular weight is 253 g/mol. The minimum Gasteiger partial charge on any atom is -0.550 e. The fourth-order valence-corrected chi connectivity index (χ4v) is 1.80. The Labute approximate surface area is 107 Å². The molecule has 3 N–H and O–H groups in total. The number of carboxylic acid groups (broad SMARTS) is 1. The van der Waals surface area contributed by atoms with Crippen molar-refractivity contribution in [2.75, 3.05) is 14.2 Å². The first-order valence-electron chi connectivity index (χ1n) is 5.83. The van der Waals surface area contributed by atoms with Crippen LogP contribution in [0, 0.1) is 0 Å². The van der Waals surface area contributed by atoms with Crippen LogP contribution in [0.3, 0.4) is 0 Å². The van der Waals surface area contributed by atoms with Crippen LogP contribution in [0.25, 0.3) is 0 Å². The van der Waals surface area contributed by atoms with E-state index in [-0.39, 0.29) is 12.5 Å². The number of carbonyl (C=O) groups is 1. The smallest absolute Gasteiger partial charge is 0.131 e. The van der Waals surface area contributed by atoms with Gasteiger partial charge in [0.15, 0.2) is 0 Å². The predicted molar refractivity (Wildman–Crippen MR) is 64.0 cm³/mol. The largest absolute Gasteiger partial charge is 0.550 e. The number of methoxy groups -OCH3 is 2. The van der Waals surface area contributed by atoms with Crippen molar-refractivity contribution >= 4 is 5.97 Å². The van der Waals surface area contributed by atoms with E-state index in [4.69, 9.17) is 9.47 Å². The summed E-state index contributed by atoms with van der Waals surface area (Å²) in [4.78, 5) is 10.4. The highest BCUT2D eigenvalue weighted by molar-refractivity contribution is 5.64. The molecule has 100 valence electrons. The Morgan fingerprint density at radius 3 is 2.67 bits per heavy atom. The van der Waals surface area contributed by atoms with Crippen molar-refractivity contribution < 1.29 is 25.1 Å². The van der Waals surface area contributed by atoms with Gasteiger partial charge in [0.25, 0.3) is 0 Å². The molecule has 18 heavy (non-hydrogen) atoms. The quantitative estimate of drug-likeness (QED) is 0.735. The van der Waals surface area contributed by atoms with Crippen molar-refractivity contribution in [1.82, 2.24) is 0 Å².